The molecule has 2 aromatic rings. The lowest BCUT2D eigenvalue weighted by Crippen LogP contribution is -2.12. The maximum Gasteiger partial charge on any atom is 0.180 e. The molecule has 0 atom stereocenters. The predicted octanol–water partition coefficient (Wildman–Crippen LogP) is 5.50. The second kappa shape index (κ2) is 5.10. The predicted molar refractivity (Wildman–Crippen MR) is 85.0 cm³/mol. The molecule has 0 saturated heterocycles. The van der Waals surface area contributed by atoms with Gasteiger partial charge < -0.3 is 0 Å². The van der Waals surface area contributed by atoms with Gasteiger partial charge in [0.15, 0.2) is 9.79 Å². The highest BCUT2D eigenvalue weighted by molar-refractivity contribution is 8.05. The molecule has 0 N–H and O–H groups in total. The molecule has 19 heavy (non-hydrogen) atoms. The standard InChI is InChI=1S/C17H17S2/c1-12(2)13(3)19-16-10-6-4-8-14(16)18-15-9-5-7-11-17(15)19/h4-11H,1-3H3/q+1. The number of hydrogen-bond donors (Lipinski definition) is 0. The van der Waals surface area contributed by atoms with Crippen molar-refractivity contribution in [3.63, 3.8) is 0 Å². The third kappa shape index (κ3) is 2.24. The van der Waals surface area contributed by atoms with E-state index in [0.717, 1.165) is 0 Å². The van der Waals surface area contributed by atoms with E-state index in [-0.39, 0.29) is 10.9 Å². The second-order valence-electron chi connectivity index (χ2n) is 4.86. The molecule has 0 aromatic heterocycles. The number of benzene rings is 2. The summed E-state index contributed by atoms with van der Waals surface area (Å²) >= 11 is 1.90. The van der Waals surface area contributed by atoms with Gasteiger partial charge in [-0.3, -0.25) is 0 Å². The van der Waals surface area contributed by atoms with Crippen LogP contribution in [0.15, 0.2) is 78.6 Å². The Hall–Kier alpha value is -1.12. The highest BCUT2D eigenvalue weighted by Gasteiger charge is 2.37. The van der Waals surface area contributed by atoms with Crippen LogP contribution in [0.4, 0.5) is 0 Å². The highest BCUT2D eigenvalue weighted by atomic mass is 32.2. The van der Waals surface area contributed by atoms with Crippen molar-refractivity contribution in [3.05, 3.63) is 59.0 Å². The summed E-state index contributed by atoms with van der Waals surface area (Å²) in [7, 11) is 0.0894. The van der Waals surface area contributed by atoms with E-state index in [4.69, 9.17) is 0 Å². The minimum atomic E-state index is 0.0894. The van der Waals surface area contributed by atoms with Crippen molar-refractivity contribution in [1.82, 2.24) is 0 Å². The van der Waals surface area contributed by atoms with Crippen molar-refractivity contribution in [2.24, 2.45) is 0 Å². The largest absolute Gasteiger partial charge is 0.180 e. The van der Waals surface area contributed by atoms with Crippen molar-refractivity contribution in [2.75, 3.05) is 0 Å². The Kier molecular flexibility index (Phi) is 3.46. The maximum absolute atomic E-state index is 2.29. The van der Waals surface area contributed by atoms with Crippen molar-refractivity contribution in [1.29, 1.82) is 0 Å². The van der Waals surface area contributed by atoms with Crippen LogP contribution in [0.3, 0.4) is 0 Å². The zero-order valence-electron chi connectivity index (χ0n) is 11.4. The number of fused-ring (bicyclic) bond motifs is 2. The molecular weight excluding hydrogens is 268 g/mol. The van der Waals surface area contributed by atoms with Gasteiger partial charge in [-0.25, -0.2) is 0 Å². The summed E-state index contributed by atoms with van der Waals surface area (Å²) in [6.07, 6.45) is 0. The molecule has 2 heteroatoms. The lowest BCUT2D eigenvalue weighted by molar-refractivity contribution is 1.13. The summed E-state index contributed by atoms with van der Waals surface area (Å²) < 4.78 is 0. The average molecular weight is 285 g/mol. The third-order valence-electron chi connectivity index (χ3n) is 3.37. The first-order chi connectivity index (χ1) is 9.18. The minimum Gasteiger partial charge on any atom is -0.0795 e. The van der Waals surface area contributed by atoms with Crippen LogP contribution < -0.4 is 0 Å². The molecule has 3 rings (SSSR count). The molecule has 0 nitrogen and oxygen atoms in total. The zero-order chi connectivity index (χ0) is 13.4. The van der Waals surface area contributed by atoms with Crippen molar-refractivity contribution < 1.29 is 0 Å². The molecule has 0 aliphatic carbocycles. The van der Waals surface area contributed by atoms with Crippen molar-refractivity contribution in [3.8, 4) is 0 Å². The molecule has 0 radical (unpaired) electrons. The molecule has 0 fully saturated rings. The van der Waals surface area contributed by atoms with E-state index in [1.165, 1.54) is 30.1 Å². The first-order valence-electron chi connectivity index (χ1n) is 6.43. The van der Waals surface area contributed by atoms with Crippen LogP contribution >= 0.6 is 11.8 Å². The molecular formula is C17H17S2+. The van der Waals surface area contributed by atoms with Crippen molar-refractivity contribution >= 4 is 22.7 Å². The van der Waals surface area contributed by atoms with Crippen LogP contribution in [0, 0.1) is 0 Å². The topological polar surface area (TPSA) is 0 Å². The highest BCUT2D eigenvalue weighted by Crippen LogP contribution is 2.48. The van der Waals surface area contributed by atoms with Gasteiger partial charge in [0.1, 0.15) is 4.91 Å². The number of allylic oxidation sites excluding steroid dienone is 2. The Morgan fingerprint density at radius 3 is 1.74 bits per heavy atom. The summed E-state index contributed by atoms with van der Waals surface area (Å²) in [6, 6.07) is 17.7. The monoisotopic (exact) mass is 285 g/mol. The molecule has 0 spiro atoms. The third-order valence-corrected chi connectivity index (χ3v) is 7.39. The zero-order valence-corrected chi connectivity index (χ0v) is 13.1. The van der Waals surface area contributed by atoms with E-state index in [1.807, 2.05) is 11.8 Å². The maximum atomic E-state index is 2.29. The number of hydrogen-bond acceptors (Lipinski definition) is 1. The lowest BCUT2D eigenvalue weighted by atomic mass is 10.3. The first-order valence-corrected chi connectivity index (χ1v) is 8.47. The van der Waals surface area contributed by atoms with Crippen LogP contribution in [0.2, 0.25) is 0 Å². The van der Waals surface area contributed by atoms with Crippen LogP contribution in [-0.4, -0.2) is 0 Å². The molecule has 2 aromatic carbocycles. The van der Waals surface area contributed by atoms with Crippen LogP contribution in [-0.2, 0) is 10.9 Å². The Morgan fingerprint density at radius 1 is 0.789 bits per heavy atom. The van der Waals surface area contributed by atoms with E-state index >= 15 is 0 Å². The smallest absolute Gasteiger partial charge is 0.0795 e. The Bertz CT molecular complexity index is 606. The molecule has 1 heterocycles. The first kappa shape index (κ1) is 12.9. The Labute approximate surface area is 122 Å². The fraction of sp³-hybridized carbons (Fsp3) is 0.176. The minimum absolute atomic E-state index is 0.0894. The molecule has 96 valence electrons. The molecule has 0 bridgehead atoms. The summed E-state index contributed by atoms with van der Waals surface area (Å²) in [5.74, 6) is 0. The van der Waals surface area contributed by atoms with Gasteiger partial charge in [0.25, 0.3) is 0 Å². The van der Waals surface area contributed by atoms with Gasteiger partial charge in [-0.2, -0.15) is 0 Å². The SMILES string of the molecule is CC(C)=C(C)[S+]1c2ccccc2Sc2ccccc21. The van der Waals surface area contributed by atoms with E-state index in [1.54, 1.807) is 0 Å². The lowest BCUT2D eigenvalue weighted by Gasteiger charge is -2.19. The summed E-state index contributed by atoms with van der Waals surface area (Å²) in [5.41, 5.74) is 1.43. The Balaban J connectivity index is 2.25. The van der Waals surface area contributed by atoms with Gasteiger partial charge in [-0.05, 0) is 43.7 Å². The molecule has 0 saturated carbocycles. The fourth-order valence-electron chi connectivity index (χ4n) is 2.18. The van der Waals surface area contributed by atoms with Gasteiger partial charge in [0, 0.05) is 6.92 Å². The molecule has 1 aliphatic heterocycles. The number of rotatable bonds is 1. The average Bonchev–Trinajstić information content (AvgIpc) is 2.43. The normalized spacial score (nSPS) is 13.6. The second-order valence-corrected chi connectivity index (χ2v) is 8.05. The van der Waals surface area contributed by atoms with Gasteiger partial charge >= 0.3 is 0 Å². The van der Waals surface area contributed by atoms with Crippen LogP contribution in [0.1, 0.15) is 20.8 Å². The van der Waals surface area contributed by atoms with Gasteiger partial charge in [-0.1, -0.05) is 36.0 Å². The van der Waals surface area contributed by atoms with Gasteiger partial charge in [-0.15, -0.1) is 0 Å². The van der Waals surface area contributed by atoms with E-state index in [0.29, 0.717) is 0 Å². The molecule has 0 unspecified atom stereocenters. The van der Waals surface area contributed by atoms with Gasteiger partial charge in [0.2, 0.25) is 0 Å². The van der Waals surface area contributed by atoms with E-state index < -0.39 is 0 Å². The summed E-state index contributed by atoms with van der Waals surface area (Å²) in [6.45, 7) is 6.71. The van der Waals surface area contributed by atoms with Gasteiger partial charge in [0.05, 0.1) is 20.7 Å². The Morgan fingerprint density at radius 2 is 1.26 bits per heavy atom. The fourth-order valence-corrected chi connectivity index (χ4v) is 6.07. The van der Waals surface area contributed by atoms with Crippen LogP contribution in [0.25, 0.3) is 0 Å². The van der Waals surface area contributed by atoms with E-state index in [9.17, 15) is 0 Å². The summed E-state index contributed by atoms with van der Waals surface area (Å²) in [4.78, 5) is 7.27. The molecule has 0 amide bonds. The van der Waals surface area contributed by atoms with Crippen molar-refractivity contribution in [2.45, 2.75) is 40.4 Å². The summed E-state index contributed by atoms with van der Waals surface area (Å²) in [5, 5.41) is 0. The van der Waals surface area contributed by atoms with E-state index in [2.05, 4.69) is 69.3 Å². The molecule has 1 aliphatic rings. The van der Waals surface area contributed by atoms with Crippen LogP contribution in [0.5, 0.6) is 0 Å². The quantitative estimate of drug-likeness (QED) is 0.623.